The second kappa shape index (κ2) is 12.3. The molecule has 0 aliphatic carbocycles. The quantitative estimate of drug-likeness (QED) is 0.201. The van der Waals surface area contributed by atoms with Crippen LogP contribution >= 0.6 is 0 Å². The molecular weight excluding hydrogens is 556 g/mol. The number of fused-ring (bicyclic) bond motifs is 2. The molecule has 45 heavy (non-hydrogen) atoms. The van der Waals surface area contributed by atoms with Crippen molar-refractivity contribution in [1.29, 1.82) is 0 Å². The fourth-order valence-electron chi connectivity index (χ4n) is 6.16. The van der Waals surface area contributed by atoms with E-state index in [9.17, 15) is 15.0 Å². The summed E-state index contributed by atoms with van der Waals surface area (Å²) in [6.07, 6.45) is 0.710. The molecule has 5 nitrogen and oxygen atoms in total. The molecular formula is C40H36N2O3. The van der Waals surface area contributed by atoms with E-state index in [0.717, 1.165) is 22.4 Å². The fraction of sp³-hybridized carbons (Fsp3) is 0.150. The summed E-state index contributed by atoms with van der Waals surface area (Å²) in [7, 11) is 0. The summed E-state index contributed by atoms with van der Waals surface area (Å²) in [5.74, 6) is 0.512. The van der Waals surface area contributed by atoms with Crippen LogP contribution in [0.5, 0.6) is 11.5 Å². The van der Waals surface area contributed by atoms with E-state index in [0.29, 0.717) is 6.42 Å². The molecule has 0 spiro atoms. The lowest BCUT2D eigenvalue weighted by Gasteiger charge is -2.26. The Morgan fingerprint density at radius 3 is 1.64 bits per heavy atom. The first kappa shape index (κ1) is 29.6. The molecule has 1 atom stereocenters. The maximum Gasteiger partial charge on any atom is 0.240 e. The highest BCUT2D eigenvalue weighted by molar-refractivity contribution is 6.07. The summed E-state index contributed by atoms with van der Waals surface area (Å²) >= 11 is 0. The number of phenolic OH excluding ortho intramolecular Hbond substituents is 2. The van der Waals surface area contributed by atoms with E-state index in [4.69, 9.17) is 5.10 Å². The number of nitrogens with zero attached hydrogens (tertiary/aromatic N) is 2. The minimum absolute atomic E-state index is 0.0343. The van der Waals surface area contributed by atoms with Gasteiger partial charge in [-0.2, -0.15) is 5.10 Å². The molecule has 0 radical (unpaired) electrons. The summed E-state index contributed by atoms with van der Waals surface area (Å²) in [5.41, 5.74) is 5.31. The normalized spacial score (nSPS) is 14.6. The molecule has 224 valence electrons. The molecule has 1 amide bonds. The van der Waals surface area contributed by atoms with E-state index >= 15 is 0 Å². The lowest BCUT2D eigenvalue weighted by atomic mass is 9.78. The van der Waals surface area contributed by atoms with Crippen LogP contribution in [0, 0.1) is 0 Å². The average molecular weight is 593 g/mol. The van der Waals surface area contributed by atoms with Crippen molar-refractivity contribution in [2.75, 3.05) is 0 Å². The highest BCUT2D eigenvalue weighted by Crippen LogP contribution is 2.41. The van der Waals surface area contributed by atoms with Crippen LogP contribution in [0.2, 0.25) is 0 Å². The van der Waals surface area contributed by atoms with Crippen LogP contribution < -0.4 is 0 Å². The maximum atomic E-state index is 12.5. The predicted molar refractivity (Wildman–Crippen MR) is 183 cm³/mol. The number of hydrazone groups is 1. The summed E-state index contributed by atoms with van der Waals surface area (Å²) in [6, 6.07) is 43.5. The number of rotatable bonds is 4. The van der Waals surface area contributed by atoms with Gasteiger partial charge in [-0.3, -0.25) is 4.79 Å². The van der Waals surface area contributed by atoms with E-state index in [-0.39, 0.29) is 28.9 Å². The van der Waals surface area contributed by atoms with Crippen molar-refractivity contribution < 1.29 is 15.0 Å². The number of benzene rings is 6. The number of phenols is 2. The van der Waals surface area contributed by atoms with Gasteiger partial charge in [-0.15, -0.1) is 0 Å². The van der Waals surface area contributed by atoms with Gasteiger partial charge in [-0.1, -0.05) is 117 Å². The highest BCUT2D eigenvalue weighted by Gasteiger charge is 2.33. The summed E-state index contributed by atoms with van der Waals surface area (Å²) in [5, 5.41) is 29.7. The van der Waals surface area contributed by atoms with Gasteiger partial charge in [-0.05, 0) is 74.1 Å². The minimum Gasteiger partial charge on any atom is -0.508 e. The number of amides is 1. The second-order valence-electron chi connectivity index (χ2n) is 11.9. The molecule has 0 saturated carbocycles. The van der Waals surface area contributed by atoms with Gasteiger partial charge >= 0.3 is 0 Å². The monoisotopic (exact) mass is 592 g/mol. The molecule has 0 bridgehead atoms. The first-order valence-electron chi connectivity index (χ1n) is 15.1. The van der Waals surface area contributed by atoms with Crippen molar-refractivity contribution >= 4 is 33.2 Å². The lowest BCUT2D eigenvalue weighted by Crippen LogP contribution is -2.24. The van der Waals surface area contributed by atoms with Gasteiger partial charge in [-0.25, -0.2) is 5.01 Å². The molecule has 1 aliphatic heterocycles. The molecule has 0 fully saturated rings. The molecule has 0 saturated heterocycles. The lowest BCUT2D eigenvalue weighted by molar-refractivity contribution is -0.130. The van der Waals surface area contributed by atoms with E-state index in [1.54, 1.807) is 36.2 Å². The van der Waals surface area contributed by atoms with Crippen molar-refractivity contribution in [2.45, 2.75) is 38.6 Å². The highest BCUT2D eigenvalue weighted by atomic mass is 16.3. The SMILES string of the molecule is CC(=O)N1N=C(c2ccccc2)C[C@H]1c1c2ccccc2cc2ccccc12.CC(C)(c1ccc(O)cc1)c1ccc(O)cc1. The largest absolute Gasteiger partial charge is 0.508 e. The van der Waals surface area contributed by atoms with Gasteiger partial charge in [0.1, 0.15) is 11.5 Å². The molecule has 2 N–H and O–H groups in total. The van der Waals surface area contributed by atoms with E-state index in [1.807, 2.05) is 42.5 Å². The van der Waals surface area contributed by atoms with Gasteiger partial charge in [0.2, 0.25) is 5.91 Å². The summed E-state index contributed by atoms with van der Waals surface area (Å²) < 4.78 is 0. The molecule has 1 aliphatic rings. The molecule has 6 aromatic carbocycles. The average Bonchev–Trinajstić information content (AvgIpc) is 3.50. The van der Waals surface area contributed by atoms with E-state index < -0.39 is 0 Å². The number of carbonyl (C=O) groups is 1. The first-order chi connectivity index (χ1) is 21.7. The predicted octanol–water partition coefficient (Wildman–Crippen LogP) is 9.11. The first-order valence-corrected chi connectivity index (χ1v) is 15.1. The standard InChI is InChI=1S/C25H20N2O.C15H16O2/c1-17(28)27-24(16-23(26-27)18-9-3-2-4-10-18)25-21-13-7-5-11-19(21)15-20-12-6-8-14-22(20)25;1-15(2,11-3-7-13(16)8-4-11)12-5-9-14(17)10-6-12/h2-15,24H,16H2,1H3;3-10,16-17H,1-2H3/t24-;/m0./s1. The third-order valence-corrected chi connectivity index (χ3v) is 8.66. The maximum absolute atomic E-state index is 12.5. The zero-order valence-electron chi connectivity index (χ0n) is 25.7. The third kappa shape index (κ3) is 6.02. The van der Waals surface area contributed by atoms with Crippen molar-refractivity contribution in [1.82, 2.24) is 5.01 Å². The van der Waals surface area contributed by atoms with Gasteiger partial charge in [0.15, 0.2) is 0 Å². The Morgan fingerprint density at radius 1 is 0.689 bits per heavy atom. The molecule has 7 rings (SSSR count). The van der Waals surface area contributed by atoms with E-state index in [2.05, 4.69) is 80.6 Å². The fourth-order valence-corrected chi connectivity index (χ4v) is 6.16. The van der Waals surface area contributed by atoms with Crippen LogP contribution in [-0.4, -0.2) is 26.8 Å². The Morgan fingerprint density at radius 2 is 1.16 bits per heavy atom. The van der Waals surface area contributed by atoms with Gasteiger partial charge < -0.3 is 10.2 Å². The summed E-state index contributed by atoms with van der Waals surface area (Å²) in [4.78, 5) is 12.5. The zero-order chi connectivity index (χ0) is 31.6. The number of aromatic hydroxyl groups is 2. The van der Waals surface area contributed by atoms with Crippen LogP contribution in [0.4, 0.5) is 0 Å². The number of hydrogen-bond acceptors (Lipinski definition) is 4. The van der Waals surface area contributed by atoms with Crippen LogP contribution in [0.1, 0.15) is 55.5 Å². The molecule has 5 heteroatoms. The van der Waals surface area contributed by atoms with E-state index in [1.165, 1.54) is 27.1 Å². The Kier molecular flexibility index (Phi) is 8.10. The Bertz CT molecular complexity index is 1900. The van der Waals surface area contributed by atoms with Crippen molar-refractivity contribution in [3.05, 3.63) is 156 Å². The number of carbonyl (C=O) groups excluding carboxylic acids is 1. The van der Waals surface area contributed by atoms with Crippen molar-refractivity contribution in [2.24, 2.45) is 5.10 Å². The van der Waals surface area contributed by atoms with Crippen LogP contribution in [-0.2, 0) is 10.2 Å². The van der Waals surface area contributed by atoms with Crippen molar-refractivity contribution in [3.8, 4) is 11.5 Å². The van der Waals surface area contributed by atoms with Gasteiger partial charge in [0, 0.05) is 18.8 Å². The second-order valence-corrected chi connectivity index (χ2v) is 11.9. The van der Waals surface area contributed by atoms with Crippen molar-refractivity contribution in [3.63, 3.8) is 0 Å². The van der Waals surface area contributed by atoms with Gasteiger partial charge in [0.25, 0.3) is 0 Å². The Hall–Kier alpha value is -5.42. The molecule has 0 unspecified atom stereocenters. The minimum atomic E-state index is -0.151. The zero-order valence-corrected chi connectivity index (χ0v) is 25.7. The molecule has 1 heterocycles. The van der Waals surface area contributed by atoms with Gasteiger partial charge in [0.05, 0.1) is 11.8 Å². The smallest absolute Gasteiger partial charge is 0.240 e. The van der Waals surface area contributed by atoms with Crippen LogP contribution in [0.15, 0.2) is 139 Å². The Labute approximate surface area is 263 Å². The van der Waals surface area contributed by atoms with Crippen LogP contribution in [0.25, 0.3) is 21.5 Å². The summed E-state index contributed by atoms with van der Waals surface area (Å²) in [6.45, 7) is 5.83. The number of hydrogen-bond donors (Lipinski definition) is 2. The Balaban J connectivity index is 0.000000180. The van der Waals surface area contributed by atoms with Crippen LogP contribution in [0.3, 0.4) is 0 Å². The topological polar surface area (TPSA) is 73.1 Å². The third-order valence-electron chi connectivity index (χ3n) is 8.66. The molecule has 6 aromatic rings. The molecule has 0 aromatic heterocycles.